The van der Waals surface area contributed by atoms with E-state index in [0.717, 1.165) is 23.6 Å². The SMILES string of the molecule is O=C(Nc1ccc(NC(=O)N2CCSCC2)c(C(F)(F)F)c1)c1ccccc1. The van der Waals surface area contributed by atoms with Gasteiger partial charge in [0.05, 0.1) is 11.3 Å². The van der Waals surface area contributed by atoms with E-state index in [4.69, 9.17) is 0 Å². The van der Waals surface area contributed by atoms with Crippen molar-refractivity contribution in [2.24, 2.45) is 0 Å². The highest BCUT2D eigenvalue weighted by molar-refractivity contribution is 7.99. The largest absolute Gasteiger partial charge is 0.418 e. The molecule has 1 heterocycles. The molecule has 1 aliphatic heterocycles. The minimum Gasteiger partial charge on any atom is -0.323 e. The summed E-state index contributed by atoms with van der Waals surface area (Å²) < 4.78 is 40.5. The Morgan fingerprint density at radius 2 is 1.64 bits per heavy atom. The highest BCUT2D eigenvalue weighted by Gasteiger charge is 2.35. The molecule has 0 saturated carbocycles. The summed E-state index contributed by atoms with van der Waals surface area (Å²) in [6, 6.07) is 10.9. The maximum absolute atomic E-state index is 13.5. The number of hydrogen-bond acceptors (Lipinski definition) is 3. The van der Waals surface area contributed by atoms with Crippen LogP contribution in [0.1, 0.15) is 15.9 Å². The molecule has 0 unspecified atom stereocenters. The molecule has 3 amide bonds. The Hall–Kier alpha value is -2.68. The highest BCUT2D eigenvalue weighted by atomic mass is 32.2. The van der Waals surface area contributed by atoms with Crippen molar-refractivity contribution >= 4 is 35.1 Å². The molecule has 1 aliphatic rings. The molecule has 2 N–H and O–H groups in total. The van der Waals surface area contributed by atoms with Gasteiger partial charge in [0.15, 0.2) is 0 Å². The van der Waals surface area contributed by atoms with Crippen LogP contribution in [0.2, 0.25) is 0 Å². The predicted octanol–water partition coefficient (Wildman–Crippen LogP) is 4.54. The molecule has 0 spiro atoms. The van der Waals surface area contributed by atoms with Gasteiger partial charge in [0.1, 0.15) is 0 Å². The minimum atomic E-state index is -4.69. The van der Waals surface area contributed by atoms with Gasteiger partial charge in [-0.2, -0.15) is 24.9 Å². The summed E-state index contributed by atoms with van der Waals surface area (Å²) in [4.78, 5) is 25.9. The van der Waals surface area contributed by atoms with E-state index in [2.05, 4.69) is 10.6 Å². The number of nitrogens with one attached hydrogen (secondary N) is 2. The van der Waals surface area contributed by atoms with Gasteiger partial charge < -0.3 is 15.5 Å². The van der Waals surface area contributed by atoms with Crippen molar-refractivity contribution in [1.29, 1.82) is 0 Å². The Bertz CT molecular complexity index is 853. The van der Waals surface area contributed by atoms with Crippen LogP contribution in [0, 0.1) is 0 Å². The second-order valence-electron chi connectivity index (χ2n) is 6.11. The van der Waals surface area contributed by atoms with Crippen LogP contribution in [0.15, 0.2) is 48.5 Å². The maximum atomic E-state index is 13.5. The van der Waals surface area contributed by atoms with Gasteiger partial charge in [-0.1, -0.05) is 18.2 Å². The molecule has 9 heteroatoms. The van der Waals surface area contributed by atoms with E-state index in [1.807, 2.05) is 0 Å². The third-order valence-electron chi connectivity index (χ3n) is 4.16. The zero-order valence-corrected chi connectivity index (χ0v) is 15.6. The fraction of sp³-hybridized carbons (Fsp3) is 0.263. The molecule has 0 aromatic heterocycles. The zero-order chi connectivity index (χ0) is 20.1. The number of nitrogens with zero attached hydrogens (tertiary/aromatic N) is 1. The first-order valence-corrected chi connectivity index (χ1v) is 9.71. The van der Waals surface area contributed by atoms with Crippen molar-refractivity contribution in [3.05, 3.63) is 59.7 Å². The highest BCUT2D eigenvalue weighted by Crippen LogP contribution is 2.37. The number of rotatable bonds is 3. The van der Waals surface area contributed by atoms with Crippen molar-refractivity contribution in [2.45, 2.75) is 6.18 Å². The lowest BCUT2D eigenvalue weighted by atomic mass is 10.1. The summed E-state index contributed by atoms with van der Waals surface area (Å²) in [6.45, 7) is 0.978. The van der Waals surface area contributed by atoms with Crippen LogP contribution in [-0.4, -0.2) is 41.4 Å². The van der Waals surface area contributed by atoms with Gasteiger partial charge in [0.25, 0.3) is 5.91 Å². The van der Waals surface area contributed by atoms with Crippen molar-refractivity contribution in [2.75, 3.05) is 35.2 Å². The van der Waals surface area contributed by atoms with E-state index < -0.39 is 23.7 Å². The Morgan fingerprint density at radius 1 is 0.964 bits per heavy atom. The molecule has 0 radical (unpaired) electrons. The quantitative estimate of drug-likeness (QED) is 0.783. The number of amides is 3. The third-order valence-corrected chi connectivity index (χ3v) is 5.10. The molecule has 5 nitrogen and oxygen atoms in total. The zero-order valence-electron chi connectivity index (χ0n) is 14.8. The summed E-state index contributed by atoms with van der Waals surface area (Å²) in [6.07, 6.45) is -4.69. The summed E-state index contributed by atoms with van der Waals surface area (Å²) in [5, 5.41) is 4.79. The number of urea groups is 1. The first kappa shape index (κ1) is 20.1. The summed E-state index contributed by atoms with van der Waals surface area (Å²) >= 11 is 1.69. The average Bonchev–Trinajstić information content (AvgIpc) is 2.69. The molecule has 0 bridgehead atoms. The van der Waals surface area contributed by atoms with Gasteiger partial charge in [-0.05, 0) is 30.3 Å². The van der Waals surface area contributed by atoms with E-state index >= 15 is 0 Å². The minimum absolute atomic E-state index is 0.00597. The monoisotopic (exact) mass is 409 g/mol. The van der Waals surface area contributed by atoms with Crippen molar-refractivity contribution in [3.63, 3.8) is 0 Å². The van der Waals surface area contributed by atoms with Crippen LogP contribution in [0.3, 0.4) is 0 Å². The molecular formula is C19H18F3N3O2S. The Labute approximate surface area is 164 Å². The van der Waals surface area contributed by atoms with Gasteiger partial charge in [0, 0.05) is 35.8 Å². The maximum Gasteiger partial charge on any atom is 0.418 e. The summed E-state index contributed by atoms with van der Waals surface area (Å²) in [7, 11) is 0. The standard InChI is InChI=1S/C19H18F3N3O2S/c20-19(21,22)15-12-14(23-17(26)13-4-2-1-3-5-13)6-7-16(15)24-18(27)25-8-10-28-11-9-25/h1-7,12H,8-11H2,(H,23,26)(H,24,27). The lowest BCUT2D eigenvalue weighted by molar-refractivity contribution is -0.136. The number of thioether (sulfide) groups is 1. The summed E-state index contributed by atoms with van der Waals surface area (Å²) in [5.74, 6) is 0.991. The predicted molar refractivity (Wildman–Crippen MR) is 104 cm³/mol. The number of alkyl halides is 3. The van der Waals surface area contributed by atoms with Crippen LogP contribution in [0.25, 0.3) is 0 Å². The molecule has 0 atom stereocenters. The molecule has 148 valence electrons. The molecular weight excluding hydrogens is 391 g/mol. The van der Waals surface area contributed by atoms with E-state index in [1.54, 1.807) is 42.1 Å². The smallest absolute Gasteiger partial charge is 0.323 e. The van der Waals surface area contributed by atoms with E-state index in [9.17, 15) is 22.8 Å². The van der Waals surface area contributed by atoms with Crippen molar-refractivity contribution < 1.29 is 22.8 Å². The number of hydrogen-bond donors (Lipinski definition) is 2. The van der Waals surface area contributed by atoms with Crippen molar-refractivity contribution in [3.8, 4) is 0 Å². The number of benzene rings is 2. The lowest BCUT2D eigenvalue weighted by Gasteiger charge is -2.27. The average molecular weight is 409 g/mol. The van der Waals surface area contributed by atoms with Crippen LogP contribution in [-0.2, 0) is 6.18 Å². The van der Waals surface area contributed by atoms with Crippen LogP contribution < -0.4 is 10.6 Å². The second kappa shape index (κ2) is 8.55. The fourth-order valence-corrected chi connectivity index (χ4v) is 3.62. The Morgan fingerprint density at radius 3 is 2.29 bits per heavy atom. The Kier molecular flexibility index (Phi) is 6.13. The fourth-order valence-electron chi connectivity index (χ4n) is 2.72. The van der Waals surface area contributed by atoms with Gasteiger partial charge in [-0.3, -0.25) is 4.79 Å². The second-order valence-corrected chi connectivity index (χ2v) is 7.33. The van der Waals surface area contributed by atoms with E-state index in [1.165, 1.54) is 11.0 Å². The molecule has 0 aliphatic carbocycles. The molecule has 3 rings (SSSR count). The van der Waals surface area contributed by atoms with Gasteiger partial charge in [-0.25, -0.2) is 4.79 Å². The van der Waals surface area contributed by atoms with Gasteiger partial charge in [0.2, 0.25) is 0 Å². The number of anilines is 2. The molecule has 28 heavy (non-hydrogen) atoms. The Balaban J connectivity index is 1.80. The topological polar surface area (TPSA) is 61.4 Å². The number of carbonyl (C=O) groups excluding carboxylic acids is 2. The first-order valence-electron chi connectivity index (χ1n) is 8.56. The van der Waals surface area contributed by atoms with Crippen molar-refractivity contribution in [1.82, 2.24) is 4.90 Å². The van der Waals surface area contributed by atoms with Crippen LogP contribution in [0.5, 0.6) is 0 Å². The number of carbonyl (C=O) groups is 2. The van der Waals surface area contributed by atoms with E-state index in [-0.39, 0.29) is 11.4 Å². The normalized spacial score (nSPS) is 14.5. The van der Waals surface area contributed by atoms with Crippen LogP contribution >= 0.6 is 11.8 Å². The molecule has 2 aromatic rings. The van der Waals surface area contributed by atoms with Gasteiger partial charge >= 0.3 is 12.2 Å². The molecule has 2 aromatic carbocycles. The first-order chi connectivity index (χ1) is 13.3. The third kappa shape index (κ3) is 4.98. The van der Waals surface area contributed by atoms with E-state index in [0.29, 0.717) is 18.7 Å². The lowest BCUT2D eigenvalue weighted by Crippen LogP contribution is -2.41. The molecule has 1 saturated heterocycles. The van der Waals surface area contributed by atoms with Gasteiger partial charge in [-0.15, -0.1) is 0 Å². The van der Waals surface area contributed by atoms with Crippen LogP contribution in [0.4, 0.5) is 29.3 Å². The summed E-state index contributed by atoms with van der Waals surface area (Å²) in [5.41, 5.74) is -1.03. The number of halogens is 3. The molecule has 1 fully saturated rings.